The highest BCUT2D eigenvalue weighted by atomic mass is 35.5. The van der Waals surface area contributed by atoms with Crippen LogP contribution in [-0.2, 0) is 14.8 Å². The number of hydrogen-bond acceptors (Lipinski definition) is 9. The number of aromatic nitrogens is 2. The van der Waals surface area contributed by atoms with Crippen LogP contribution >= 0.6 is 11.6 Å². The second-order valence-corrected chi connectivity index (χ2v) is 7.37. The zero-order chi connectivity index (χ0) is 19.8. The van der Waals surface area contributed by atoms with E-state index >= 15 is 0 Å². The van der Waals surface area contributed by atoms with Crippen molar-refractivity contribution in [3.8, 4) is 0 Å². The van der Waals surface area contributed by atoms with Crippen LogP contribution < -0.4 is 10.0 Å². The van der Waals surface area contributed by atoms with Gasteiger partial charge in [-0.05, 0) is 40.6 Å². The van der Waals surface area contributed by atoms with Crippen molar-refractivity contribution in [1.29, 1.82) is 0 Å². The second kappa shape index (κ2) is 6.81. The molecule has 140 valence electrons. The Hall–Kier alpha value is -3.25. The van der Waals surface area contributed by atoms with E-state index in [4.69, 9.17) is 11.6 Å². The van der Waals surface area contributed by atoms with Crippen LogP contribution in [0.15, 0.2) is 39.9 Å². The van der Waals surface area contributed by atoms with Crippen LogP contribution in [0, 0.1) is 10.1 Å². The molecule has 0 aliphatic carbocycles. The van der Waals surface area contributed by atoms with Crippen molar-refractivity contribution >= 4 is 55.6 Å². The summed E-state index contributed by atoms with van der Waals surface area (Å²) in [5.41, 5.74) is -0.117. The first-order valence-electron chi connectivity index (χ1n) is 7.18. The number of hydrogen-bond donors (Lipinski definition) is 2. The molecule has 0 fully saturated rings. The number of nitrogens with zero attached hydrogens (tertiary/aromatic N) is 3. The molecule has 0 atom stereocenters. The highest BCUT2D eigenvalue weighted by molar-refractivity contribution is 7.90. The molecule has 11 nitrogen and oxygen atoms in total. The Bertz CT molecular complexity index is 1160. The Morgan fingerprint density at radius 2 is 1.85 bits per heavy atom. The van der Waals surface area contributed by atoms with Gasteiger partial charge in [-0.2, -0.15) is 0 Å². The average Bonchev–Trinajstić information content (AvgIpc) is 3.03. The first-order valence-corrected chi connectivity index (χ1v) is 9.05. The third-order valence-electron chi connectivity index (χ3n) is 3.37. The summed E-state index contributed by atoms with van der Waals surface area (Å²) in [4.78, 5) is 21.6. The van der Waals surface area contributed by atoms with Crippen molar-refractivity contribution in [2.45, 2.75) is 11.8 Å². The highest BCUT2D eigenvalue weighted by Gasteiger charge is 2.25. The summed E-state index contributed by atoms with van der Waals surface area (Å²) in [6.45, 7) is 1.07. The number of carbonyl (C=O) groups is 1. The quantitative estimate of drug-likeness (QED) is 0.474. The molecule has 0 aliphatic heterocycles. The summed E-state index contributed by atoms with van der Waals surface area (Å²) in [6, 6.07) is 6.50. The Morgan fingerprint density at radius 3 is 2.44 bits per heavy atom. The second-order valence-electron chi connectivity index (χ2n) is 5.28. The van der Waals surface area contributed by atoms with E-state index in [1.165, 1.54) is 30.3 Å². The average molecular weight is 412 g/mol. The van der Waals surface area contributed by atoms with Gasteiger partial charge in [-0.15, -0.1) is 0 Å². The van der Waals surface area contributed by atoms with Crippen LogP contribution in [0.4, 0.5) is 17.1 Å². The SMILES string of the molecule is CC(=O)NS(=O)(=O)c1ccc(Nc2cc(Cl)c3nonc3c2[N+](=O)[O-])cc1. The Labute approximate surface area is 156 Å². The maximum absolute atomic E-state index is 11.9. The fourth-order valence-corrected chi connectivity index (χ4v) is 3.52. The van der Waals surface area contributed by atoms with Crippen molar-refractivity contribution in [3.05, 3.63) is 45.5 Å². The predicted molar refractivity (Wildman–Crippen MR) is 94.2 cm³/mol. The third kappa shape index (κ3) is 3.66. The molecule has 1 heterocycles. The largest absolute Gasteiger partial charge is 0.350 e. The normalized spacial score (nSPS) is 11.3. The molecule has 13 heteroatoms. The predicted octanol–water partition coefficient (Wildman–Crippen LogP) is 2.35. The molecule has 0 unspecified atom stereocenters. The monoisotopic (exact) mass is 411 g/mol. The van der Waals surface area contributed by atoms with E-state index < -0.39 is 26.5 Å². The summed E-state index contributed by atoms with van der Waals surface area (Å²) < 4.78 is 30.2. The van der Waals surface area contributed by atoms with Crippen molar-refractivity contribution in [1.82, 2.24) is 15.0 Å². The van der Waals surface area contributed by atoms with Crippen molar-refractivity contribution in [3.63, 3.8) is 0 Å². The van der Waals surface area contributed by atoms with Gasteiger partial charge in [0.15, 0.2) is 5.52 Å². The van der Waals surface area contributed by atoms with Gasteiger partial charge in [0.25, 0.3) is 10.0 Å². The summed E-state index contributed by atoms with van der Waals surface area (Å²) >= 11 is 6.04. The zero-order valence-corrected chi connectivity index (χ0v) is 15.0. The van der Waals surface area contributed by atoms with Gasteiger partial charge in [-0.1, -0.05) is 11.6 Å². The number of fused-ring (bicyclic) bond motifs is 1. The minimum atomic E-state index is -3.99. The van der Waals surface area contributed by atoms with E-state index in [1.54, 1.807) is 0 Å². The number of anilines is 2. The minimum absolute atomic E-state index is 0.0191. The maximum Gasteiger partial charge on any atom is 0.324 e. The van der Waals surface area contributed by atoms with Crippen molar-refractivity contribution in [2.24, 2.45) is 0 Å². The fraction of sp³-hybridized carbons (Fsp3) is 0.0714. The molecule has 3 rings (SSSR count). The van der Waals surface area contributed by atoms with Crippen LogP contribution in [0.1, 0.15) is 6.92 Å². The molecule has 2 aromatic carbocycles. The van der Waals surface area contributed by atoms with Gasteiger partial charge in [0.05, 0.1) is 14.8 Å². The number of sulfonamides is 1. The number of carbonyl (C=O) groups excluding carboxylic acids is 1. The highest BCUT2D eigenvalue weighted by Crippen LogP contribution is 2.37. The Morgan fingerprint density at radius 1 is 1.22 bits per heavy atom. The lowest BCUT2D eigenvalue weighted by Gasteiger charge is -2.09. The molecule has 3 aromatic rings. The van der Waals surface area contributed by atoms with Gasteiger partial charge in [0.2, 0.25) is 11.4 Å². The van der Waals surface area contributed by atoms with Crippen LogP contribution in [0.5, 0.6) is 0 Å². The van der Waals surface area contributed by atoms with Crippen molar-refractivity contribution in [2.75, 3.05) is 5.32 Å². The lowest BCUT2D eigenvalue weighted by molar-refractivity contribution is -0.382. The summed E-state index contributed by atoms with van der Waals surface area (Å²) in [5, 5.41) is 21.3. The summed E-state index contributed by atoms with van der Waals surface area (Å²) in [7, 11) is -3.99. The molecular formula is C14H10ClN5O6S. The van der Waals surface area contributed by atoms with E-state index in [2.05, 4.69) is 20.3 Å². The lowest BCUT2D eigenvalue weighted by Crippen LogP contribution is -2.28. The number of rotatable bonds is 5. The number of amides is 1. The lowest BCUT2D eigenvalue weighted by atomic mass is 10.2. The smallest absolute Gasteiger partial charge is 0.324 e. The molecule has 0 aliphatic rings. The molecule has 1 aromatic heterocycles. The molecule has 1 amide bonds. The molecule has 0 spiro atoms. The number of benzene rings is 2. The fourth-order valence-electron chi connectivity index (χ4n) is 2.29. The van der Waals surface area contributed by atoms with E-state index in [-0.39, 0.29) is 26.6 Å². The Kier molecular flexibility index (Phi) is 4.68. The van der Waals surface area contributed by atoms with Gasteiger partial charge < -0.3 is 5.32 Å². The van der Waals surface area contributed by atoms with Gasteiger partial charge in [-0.25, -0.2) is 17.8 Å². The number of halogens is 1. The first kappa shape index (κ1) is 18.5. The van der Waals surface area contributed by atoms with Gasteiger partial charge in [-0.3, -0.25) is 14.9 Å². The molecule has 0 radical (unpaired) electrons. The maximum atomic E-state index is 11.9. The first-order chi connectivity index (χ1) is 12.7. The Balaban J connectivity index is 1.98. The zero-order valence-electron chi connectivity index (χ0n) is 13.5. The number of nitro groups is 1. The topological polar surface area (TPSA) is 157 Å². The van der Waals surface area contributed by atoms with Gasteiger partial charge in [0, 0.05) is 12.6 Å². The third-order valence-corrected chi connectivity index (χ3v) is 5.11. The van der Waals surface area contributed by atoms with Gasteiger partial charge >= 0.3 is 5.69 Å². The molecule has 0 saturated heterocycles. The van der Waals surface area contributed by atoms with Crippen molar-refractivity contribution < 1.29 is 22.8 Å². The van der Waals surface area contributed by atoms with Crippen LogP contribution in [0.2, 0.25) is 5.02 Å². The molecule has 2 N–H and O–H groups in total. The van der Waals surface area contributed by atoms with Crippen LogP contribution in [0.25, 0.3) is 11.0 Å². The van der Waals surface area contributed by atoms with E-state index in [1.807, 2.05) is 4.72 Å². The summed E-state index contributed by atoms with van der Waals surface area (Å²) in [5.74, 6) is -0.725. The standard InChI is InChI=1S/C14H10ClN5O6S/c1-7(21)19-27(24,25)9-4-2-8(3-5-9)16-11-6-10(15)12-13(18-26-17-12)14(11)20(22)23/h2-6,16H,1H3,(H,19,21). The van der Waals surface area contributed by atoms with E-state index in [9.17, 15) is 23.3 Å². The molecule has 0 bridgehead atoms. The van der Waals surface area contributed by atoms with Gasteiger partial charge in [0.1, 0.15) is 5.69 Å². The number of nitro benzene ring substituents is 1. The molecular weight excluding hydrogens is 402 g/mol. The number of nitrogens with one attached hydrogen (secondary N) is 2. The molecule has 0 saturated carbocycles. The molecule has 27 heavy (non-hydrogen) atoms. The minimum Gasteiger partial charge on any atom is -0.350 e. The summed E-state index contributed by atoms with van der Waals surface area (Å²) in [6.07, 6.45) is 0. The van der Waals surface area contributed by atoms with Crippen LogP contribution in [-0.4, -0.2) is 29.6 Å². The van der Waals surface area contributed by atoms with E-state index in [0.717, 1.165) is 6.92 Å². The van der Waals surface area contributed by atoms with E-state index in [0.29, 0.717) is 5.69 Å². The van der Waals surface area contributed by atoms with Crippen LogP contribution in [0.3, 0.4) is 0 Å².